The molecule has 3 rings (SSSR count). The SMILES string of the molecule is COc1cccc(N2CCCNC(C)(C3CC3)C2)c1. The van der Waals surface area contributed by atoms with Crippen molar-refractivity contribution in [3.05, 3.63) is 24.3 Å². The predicted octanol–water partition coefficient (Wildman–Crippen LogP) is 2.66. The molecule has 2 fully saturated rings. The molecule has 1 unspecified atom stereocenters. The number of nitrogens with zero attached hydrogens (tertiary/aromatic N) is 1. The zero-order valence-electron chi connectivity index (χ0n) is 12.0. The van der Waals surface area contributed by atoms with E-state index in [1.807, 2.05) is 6.07 Å². The Bertz CT molecular complexity index is 444. The first-order chi connectivity index (χ1) is 9.21. The summed E-state index contributed by atoms with van der Waals surface area (Å²) in [6, 6.07) is 8.44. The van der Waals surface area contributed by atoms with Crippen molar-refractivity contribution in [1.82, 2.24) is 5.32 Å². The Morgan fingerprint density at radius 3 is 2.95 bits per heavy atom. The summed E-state index contributed by atoms with van der Waals surface area (Å²) in [7, 11) is 1.73. The third-order valence-corrected chi connectivity index (χ3v) is 4.55. The largest absolute Gasteiger partial charge is 0.497 e. The Labute approximate surface area is 115 Å². The maximum atomic E-state index is 5.35. The topological polar surface area (TPSA) is 24.5 Å². The summed E-state index contributed by atoms with van der Waals surface area (Å²) in [5.41, 5.74) is 1.56. The van der Waals surface area contributed by atoms with Crippen LogP contribution in [-0.4, -0.2) is 32.3 Å². The molecule has 1 aliphatic carbocycles. The van der Waals surface area contributed by atoms with Crippen LogP contribution >= 0.6 is 0 Å². The highest BCUT2D eigenvalue weighted by Gasteiger charge is 2.43. The molecule has 0 radical (unpaired) electrons. The highest BCUT2D eigenvalue weighted by Crippen LogP contribution is 2.41. The summed E-state index contributed by atoms with van der Waals surface area (Å²) in [5.74, 6) is 1.81. The van der Waals surface area contributed by atoms with Gasteiger partial charge >= 0.3 is 0 Å². The average molecular weight is 260 g/mol. The lowest BCUT2D eigenvalue weighted by Crippen LogP contribution is -2.51. The molecule has 3 nitrogen and oxygen atoms in total. The number of benzene rings is 1. The molecule has 1 saturated heterocycles. The molecule has 2 aliphatic rings. The zero-order valence-corrected chi connectivity index (χ0v) is 12.0. The molecule has 1 atom stereocenters. The third kappa shape index (κ3) is 2.71. The summed E-state index contributed by atoms with van der Waals surface area (Å²) in [5, 5.41) is 3.78. The molecule has 3 heteroatoms. The van der Waals surface area contributed by atoms with Crippen LogP contribution in [0.1, 0.15) is 26.2 Å². The van der Waals surface area contributed by atoms with Gasteiger partial charge in [-0.25, -0.2) is 0 Å². The van der Waals surface area contributed by atoms with Gasteiger partial charge in [0.25, 0.3) is 0 Å². The Morgan fingerprint density at radius 1 is 1.37 bits per heavy atom. The van der Waals surface area contributed by atoms with Crippen molar-refractivity contribution in [3.8, 4) is 5.75 Å². The van der Waals surface area contributed by atoms with Gasteiger partial charge < -0.3 is 15.0 Å². The third-order valence-electron chi connectivity index (χ3n) is 4.55. The van der Waals surface area contributed by atoms with Gasteiger partial charge in [0.2, 0.25) is 0 Å². The lowest BCUT2D eigenvalue weighted by molar-refractivity contribution is 0.331. The van der Waals surface area contributed by atoms with Crippen LogP contribution in [-0.2, 0) is 0 Å². The number of methoxy groups -OCH3 is 1. The minimum absolute atomic E-state index is 0.277. The molecule has 104 valence electrons. The fraction of sp³-hybridized carbons (Fsp3) is 0.625. The zero-order chi connectivity index (χ0) is 13.3. The van der Waals surface area contributed by atoms with Gasteiger partial charge in [-0.15, -0.1) is 0 Å². The first-order valence-corrected chi connectivity index (χ1v) is 7.35. The van der Waals surface area contributed by atoms with Crippen molar-refractivity contribution in [3.63, 3.8) is 0 Å². The molecule has 1 heterocycles. The van der Waals surface area contributed by atoms with Gasteiger partial charge in [0, 0.05) is 30.4 Å². The summed E-state index contributed by atoms with van der Waals surface area (Å²) in [4.78, 5) is 2.51. The van der Waals surface area contributed by atoms with E-state index in [0.29, 0.717) is 0 Å². The first kappa shape index (κ1) is 12.8. The molecule has 0 bridgehead atoms. The second-order valence-corrected chi connectivity index (χ2v) is 6.10. The predicted molar refractivity (Wildman–Crippen MR) is 79.0 cm³/mol. The van der Waals surface area contributed by atoms with Gasteiger partial charge in [0.1, 0.15) is 5.75 Å². The van der Waals surface area contributed by atoms with Crippen molar-refractivity contribution in [2.24, 2.45) is 5.92 Å². The van der Waals surface area contributed by atoms with E-state index < -0.39 is 0 Å². The van der Waals surface area contributed by atoms with E-state index in [-0.39, 0.29) is 5.54 Å². The molecular formula is C16H24N2O. The quantitative estimate of drug-likeness (QED) is 0.904. The van der Waals surface area contributed by atoms with Crippen LogP contribution in [0.2, 0.25) is 0 Å². The standard InChI is InChI=1S/C16H24N2O/c1-16(13-7-8-13)12-18(10-4-9-17-16)14-5-3-6-15(11-14)19-2/h3,5-6,11,13,17H,4,7-10,12H2,1-2H3. The van der Waals surface area contributed by atoms with E-state index >= 15 is 0 Å². The highest BCUT2D eigenvalue weighted by atomic mass is 16.5. The molecule has 1 aliphatic heterocycles. The highest BCUT2D eigenvalue weighted by molar-refractivity contribution is 5.51. The van der Waals surface area contributed by atoms with Crippen LogP contribution in [0.5, 0.6) is 5.75 Å². The number of hydrogen-bond donors (Lipinski definition) is 1. The van der Waals surface area contributed by atoms with Crippen LogP contribution < -0.4 is 15.0 Å². The molecule has 1 aromatic rings. The van der Waals surface area contributed by atoms with Gasteiger partial charge in [-0.3, -0.25) is 0 Å². The molecular weight excluding hydrogens is 236 g/mol. The van der Waals surface area contributed by atoms with E-state index in [4.69, 9.17) is 4.74 Å². The lowest BCUT2D eigenvalue weighted by Gasteiger charge is -2.35. The van der Waals surface area contributed by atoms with Crippen molar-refractivity contribution in [2.45, 2.75) is 31.7 Å². The van der Waals surface area contributed by atoms with Crippen molar-refractivity contribution in [1.29, 1.82) is 0 Å². The summed E-state index contributed by atoms with van der Waals surface area (Å²) in [6.45, 7) is 5.75. The number of anilines is 1. The number of nitrogens with one attached hydrogen (secondary N) is 1. The van der Waals surface area contributed by atoms with Crippen LogP contribution in [0, 0.1) is 5.92 Å². The molecule has 0 aromatic heterocycles. The maximum absolute atomic E-state index is 5.35. The Hall–Kier alpha value is -1.22. The van der Waals surface area contributed by atoms with Crippen molar-refractivity contribution < 1.29 is 4.74 Å². The summed E-state index contributed by atoms with van der Waals surface area (Å²) >= 11 is 0. The van der Waals surface area contributed by atoms with E-state index in [1.54, 1.807) is 7.11 Å². The Kier molecular flexibility index (Phi) is 3.40. The first-order valence-electron chi connectivity index (χ1n) is 7.35. The smallest absolute Gasteiger partial charge is 0.120 e. The number of ether oxygens (including phenoxy) is 1. The van der Waals surface area contributed by atoms with Gasteiger partial charge in [-0.05, 0) is 50.8 Å². The number of rotatable bonds is 3. The van der Waals surface area contributed by atoms with Gasteiger partial charge in [-0.1, -0.05) is 6.07 Å². The van der Waals surface area contributed by atoms with E-state index in [9.17, 15) is 0 Å². The Morgan fingerprint density at radius 2 is 2.21 bits per heavy atom. The van der Waals surface area contributed by atoms with Crippen LogP contribution in [0.3, 0.4) is 0 Å². The van der Waals surface area contributed by atoms with Gasteiger partial charge in [0.15, 0.2) is 0 Å². The Balaban J connectivity index is 1.81. The fourth-order valence-corrected chi connectivity index (χ4v) is 3.20. The van der Waals surface area contributed by atoms with E-state index in [0.717, 1.165) is 31.3 Å². The second kappa shape index (κ2) is 5.04. The molecule has 0 amide bonds. The second-order valence-electron chi connectivity index (χ2n) is 6.10. The van der Waals surface area contributed by atoms with Crippen LogP contribution in [0.4, 0.5) is 5.69 Å². The van der Waals surface area contributed by atoms with Gasteiger partial charge in [0.05, 0.1) is 7.11 Å². The molecule has 1 aromatic carbocycles. The average Bonchev–Trinajstić information content (AvgIpc) is 3.26. The van der Waals surface area contributed by atoms with E-state index in [1.165, 1.54) is 24.9 Å². The molecule has 19 heavy (non-hydrogen) atoms. The van der Waals surface area contributed by atoms with Crippen LogP contribution in [0.25, 0.3) is 0 Å². The normalized spacial score (nSPS) is 28.0. The van der Waals surface area contributed by atoms with E-state index in [2.05, 4.69) is 35.3 Å². The minimum atomic E-state index is 0.277. The van der Waals surface area contributed by atoms with Crippen LogP contribution in [0.15, 0.2) is 24.3 Å². The fourth-order valence-electron chi connectivity index (χ4n) is 3.20. The monoisotopic (exact) mass is 260 g/mol. The maximum Gasteiger partial charge on any atom is 0.120 e. The number of hydrogen-bond acceptors (Lipinski definition) is 3. The van der Waals surface area contributed by atoms with Crippen molar-refractivity contribution >= 4 is 5.69 Å². The summed E-state index contributed by atoms with van der Waals surface area (Å²) < 4.78 is 5.35. The molecule has 0 spiro atoms. The minimum Gasteiger partial charge on any atom is -0.497 e. The lowest BCUT2D eigenvalue weighted by atomic mass is 9.95. The van der Waals surface area contributed by atoms with Gasteiger partial charge in [-0.2, -0.15) is 0 Å². The van der Waals surface area contributed by atoms with Crippen molar-refractivity contribution in [2.75, 3.05) is 31.6 Å². The molecule has 1 N–H and O–H groups in total. The molecule has 1 saturated carbocycles. The summed E-state index contributed by atoms with van der Waals surface area (Å²) in [6.07, 6.45) is 3.98.